The van der Waals surface area contributed by atoms with Crippen LogP contribution in [0.4, 0.5) is 5.69 Å². The van der Waals surface area contributed by atoms with Crippen molar-refractivity contribution < 1.29 is 19.1 Å². The molecule has 2 aliphatic carbocycles. The molecule has 31 heavy (non-hydrogen) atoms. The van der Waals surface area contributed by atoms with Crippen LogP contribution < -0.4 is 10.6 Å². The average molecular weight is 421 g/mol. The number of fused-ring (bicyclic) bond motifs is 2. The average Bonchev–Trinajstić information content (AvgIpc) is 3.40. The van der Waals surface area contributed by atoms with Crippen molar-refractivity contribution in [2.45, 2.75) is 38.6 Å². The number of rotatable bonds is 8. The number of hydrogen-bond acceptors (Lipinski definition) is 4. The maximum absolute atomic E-state index is 12.6. The van der Waals surface area contributed by atoms with Gasteiger partial charge in [0.1, 0.15) is 0 Å². The molecule has 0 heterocycles. The maximum atomic E-state index is 12.6. The van der Waals surface area contributed by atoms with Crippen molar-refractivity contribution in [3.05, 3.63) is 65.7 Å². The fourth-order valence-corrected chi connectivity index (χ4v) is 4.90. The van der Waals surface area contributed by atoms with Gasteiger partial charge in [-0.2, -0.15) is 0 Å². The number of amides is 2. The zero-order valence-electron chi connectivity index (χ0n) is 17.5. The van der Waals surface area contributed by atoms with Crippen molar-refractivity contribution in [2.24, 2.45) is 17.8 Å². The summed E-state index contributed by atoms with van der Waals surface area (Å²) in [6.45, 7) is 0.0439. The van der Waals surface area contributed by atoms with E-state index in [1.807, 2.05) is 30.3 Å². The molecule has 2 saturated carbocycles. The zero-order valence-corrected chi connectivity index (χ0v) is 17.5. The summed E-state index contributed by atoms with van der Waals surface area (Å²) in [5, 5.41) is 5.55. The molecule has 2 aromatic carbocycles. The largest absolute Gasteiger partial charge is 0.456 e. The summed E-state index contributed by atoms with van der Waals surface area (Å²) < 4.78 is 5.20. The number of carbonyl (C=O) groups is 3. The van der Waals surface area contributed by atoms with Crippen molar-refractivity contribution in [3.8, 4) is 0 Å². The van der Waals surface area contributed by atoms with E-state index in [2.05, 4.69) is 10.6 Å². The minimum absolute atomic E-state index is 0.284. The first-order valence-corrected chi connectivity index (χ1v) is 10.9. The second kappa shape index (κ2) is 9.77. The van der Waals surface area contributed by atoms with Gasteiger partial charge < -0.3 is 15.4 Å². The van der Waals surface area contributed by atoms with Crippen molar-refractivity contribution in [2.75, 3.05) is 11.9 Å². The molecule has 3 atom stereocenters. The summed E-state index contributed by atoms with van der Waals surface area (Å²) in [6, 6.07) is 16.4. The molecule has 0 saturated heterocycles. The van der Waals surface area contributed by atoms with E-state index >= 15 is 0 Å². The van der Waals surface area contributed by atoms with Crippen LogP contribution in [0, 0.1) is 17.8 Å². The summed E-state index contributed by atoms with van der Waals surface area (Å²) in [6.07, 6.45) is 5.25. The third-order valence-electron chi connectivity index (χ3n) is 6.42. The van der Waals surface area contributed by atoms with Crippen molar-refractivity contribution in [1.29, 1.82) is 0 Å². The molecule has 0 radical (unpaired) electrons. The van der Waals surface area contributed by atoms with Crippen LogP contribution in [0.2, 0.25) is 0 Å². The normalized spacial score (nSPS) is 21.5. The quantitative estimate of drug-likeness (QED) is 0.634. The summed E-state index contributed by atoms with van der Waals surface area (Å²) in [5.74, 6) is 0.769. The number of para-hydroxylation sites is 1. The Bertz CT molecular complexity index is 944. The summed E-state index contributed by atoms with van der Waals surface area (Å²) in [4.78, 5) is 37.1. The first-order valence-electron chi connectivity index (χ1n) is 10.9. The van der Waals surface area contributed by atoms with E-state index in [1.165, 1.54) is 19.3 Å². The fourth-order valence-electron chi connectivity index (χ4n) is 4.90. The molecule has 0 aliphatic heterocycles. The van der Waals surface area contributed by atoms with E-state index in [0.29, 0.717) is 36.1 Å². The lowest BCUT2D eigenvalue weighted by atomic mass is 9.86. The second-order valence-corrected chi connectivity index (χ2v) is 8.56. The molecule has 2 amide bonds. The zero-order chi connectivity index (χ0) is 21.6. The number of hydrogen-bond donors (Lipinski definition) is 2. The van der Waals surface area contributed by atoms with E-state index in [9.17, 15) is 14.4 Å². The van der Waals surface area contributed by atoms with E-state index in [1.54, 1.807) is 24.3 Å². The van der Waals surface area contributed by atoms with Gasteiger partial charge in [-0.1, -0.05) is 48.9 Å². The molecular formula is C25H28N2O4. The Morgan fingerprint density at radius 2 is 1.71 bits per heavy atom. The monoisotopic (exact) mass is 420 g/mol. The molecule has 0 unspecified atom stereocenters. The molecule has 2 N–H and O–H groups in total. The predicted molar refractivity (Wildman–Crippen MR) is 117 cm³/mol. The van der Waals surface area contributed by atoms with E-state index in [-0.39, 0.29) is 18.5 Å². The molecule has 2 fully saturated rings. The van der Waals surface area contributed by atoms with Crippen LogP contribution in [0.15, 0.2) is 54.6 Å². The number of esters is 1. The Hall–Kier alpha value is -3.15. The molecule has 2 bridgehead atoms. The number of ether oxygens (including phenoxy) is 1. The Morgan fingerprint density at radius 1 is 0.935 bits per heavy atom. The lowest BCUT2D eigenvalue weighted by Gasteiger charge is -2.20. The highest BCUT2D eigenvalue weighted by atomic mass is 16.5. The number of benzene rings is 2. The Balaban J connectivity index is 1.26. The third-order valence-corrected chi connectivity index (χ3v) is 6.42. The van der Waals surface area contributed by atoms with Crippen molar-refractivity contribution in [1.82, 2.24) is 5.32 Å². The fraction of sp³-hybridized carbons (Fsp3) is 0.400. The number of carbonyl (C=O) groups excluding carboxylic acids is 3. The number of anilines is 1. The molecular weight excluding hydrogens is 392 g/mol. The Morgan fingerprint density at radius 3 is 2.45 bits per heavy atom. The van der Waals surface area contributed by atoms with Gasteiger partial charge >= 0.3 is 5.97 Å². The van der Waals surface area contributed by atoms with Gasteiger partial charge in [-0.25, -0.2) is 0 Å². The van der Waals surface area contributed by atoms with Crippen LogP contribution in [0.1, 0.15) is 48.0 Å². The smallest absolute Gasteiger partial charge is 0.306 e. The highest BCUT2D eigenvalue weighted by molar-refractivity contribution is 6.04. The van der Waals surface area contributed by atoms with Crippen LogP contribution in [-0.4, -0.2) is 24.4 Å². The van der Waals surface area contributed by atoms with Gasteiger partial charge in [0.2, 0.25) is 0 Å². The summed E-state index contributed by atoms with van der Waals surface area (Å²) >= 11 is 0. The van der Waals surface area contributed by atoms with Gasteiger partial charge in [-0.05, 0) is 54.7 Å². The number of nitrogens with one attached hydrogen (secondary N) is 2. The second-order valence-electron chi connectivity index (χ2n) is 8.56. The van der Waals surface area contributed by atoms with Crippen LogP contribution in [0.3, 0.4) is 0 Å². The topological polar surface area (TPSA) is 84.5 Å². The Labute approximate surface area is 182 Å². The minimum Gasteiger partial charge on any atom is -0.456 e. The molecule has 2 aromatic rings. The summed E-state index contributed by atoms with van der Waals surface area (Å²) in [5.41, 5.74) is 1.74. The lowest BCUT2D eigenvalue weighted by Crippen LogP contribution is -2.26. The standard InChI is InChI=1S/C25H28N2O4/c28-23(16-31-24(29)14-20-13-18-10-11-19(20)12-18)27-22-9-5-4-8-21(22)25(30)26-15-17-6-2-1-3-7-17/h1-9,18-20H,10-16H2,(H,26,30)(H,27,28)/t18-,19-,20-/m1/s1. The van der Waals surface area contributed by atoms with Crippen molar-refractivity contribution >= 4 is 23.5 Å². The van der Waals surface area contributed by atoms with Gasteiger partial charge in [0.05, 0.1) is 11.3 Å². The van der Waals surface area contributed by atoms with Crippen LogP contribution in [0.25, 0.3) is 0 Å². The predicted octanol–water partition coefficient (Wildman–Crippen LogP) is 3.92. The van der Waals surface area contributed by atoms with E-state index in [0.717, 1.165) is 17.9 Å². The molecule has 0 spiro atoms. The van der Waals surface area contributed by atoms with Crippen molar-refractivity contribution in [3.63, 3.8) is 0 Å². The first-order chi connectivity index (χ1) is 15.1. The molecule has 0 aromatic heterocycles. The molecule has 6 nitrogen and oxygen atoms in total. The van der Waals surface area contributed by atoms with Gasteiger partial charge in [0.15, 0.2) is 6.61 Å². The van der Waals surface area contributed by atoms with Gasteiger partial charge in [0, 0.05) is 13.0 Å². The SMILES string of the molecule is O=C(COC(=O)C[C@H]1C[C@@H]2CC[C@@H]1C2)Nc1ccccc1C(=O)NCc1ccccc1. The molecule has 162 valence electrons. The van der Waals surface area contributed by atoms with Gasteiger partial charge in [0.25, 0.3) is 11.8 Å². The highest BCUT2D eigenvalue weighted by Gasteiger charge is 2.40. The molecule has 6 heteroatoms. The molecule has 2 aliphatic rings. The van der Waals surface area contributed by atoms with Crippen LogP contribution in [-0.2, 0) is 20.9 Å². The van der Waals surface area contributed by atoms with E-state index in [4.69, 9.17) is 4.74 Å². The van der Waals surface area contributed by atoms with Gasteiger partial charge in [-0.3, -0.25) is 14.4 Å². The van der Waals surface area contributed by atoms with Crippen LogP contribution in [0.5, 0.6) is 0 Å². The van der Waals surface area contributed by atoms with Gasteiger partial charge in [-0.15, -0.1) is 0 Å². The lowest BCUT2D eigenvalue weighted by molar-refractivity contribution is -0.148. The minimum atomic E-state index is -0.454. The molecule has 4 rings (SSSR count). The third kappa shape index (κ3) is 5.51. The highest BCUT2D eigenvalue weighted by Crippen LogP contribution is 2.49. The summed E-state index contributed by atoms with van der Waals surface area (Å²) in [7, 11) is 0. The maximum Gasteiger partial charge on any atom is 0.306 e. The van der Waals surface area contributed by atoms with E-state index < -0.39 is 5.91 Å². The van der Waals surface area contributed by atoms with Crippen LogP contribution >= 0.6 is 0 Å². The first kappa shape index (κ1) is 21.1. The Kier molecular flexibility index (Phi) is 6.65.